The molecule has 0 bridgehead atoms. The highest BCUT2D eigenvalue weighted by Crippen LogP contribution is 2.30. The molecular weight excluding hydrogens is 514 g/mol. The third kappa shape index (κ3) is 7.62. The smallest absolute Gasteiger partial charge is 0.338 e. The Balaban J connectivity index is 1.76. The van der Waals surface area contributed by atoms with Crippen LogP contribution in [0, 0.1) is 11.6 Å². The van der Waals surface area contributed by atoms with Crippen molar-refractivity contribution in [1.29, 1.82) is 0 Å². The zero-order valence-electron chi connectivity index (χ0n) is 19.9. The van der Waals surface area contributed by atoms with Crippen molar-refractivity contribution in [2.24, 2.45) is 0 Å². The van der Waals surface area contributed by atoms with Crippen molar-refractivity contribution >= 4 is 27.5 Å². The predicted molar refractivity (Wildman–Crippen MR) is 138 cm³/mol. The van der Waals surface area contributed by atoms with Crippen molar-refractivity contribution in [2.75, 3.05) is 6.61 Å². The molecule has 0 aliphatic heterocycles. The molecule has 0 radical (unpaired) electrons. The van der Waals surface area contributed by atoms with Gasteiger partial charge in [0.2, 0.25) is 0 Å². The van der Waals surface area contributed by atoms with Gasteiger partial charge < -0.3 is 9.47 Å². The zero-order chi connectivity index (χ0) is 25.4. The number of hydrogen-bond acceptors (Lipinski definition) is 3. The summed E-state index contributed by atoms with van der Waals surface area (Å²) in [6.07, 6.45) is 4.68. The van der Waals surface area contributed by atoms with Crippen LogP contribution in [0.5, 0.6) is 5.75 Å². The number of carbonyl (C=O) groups excluding carboxylic acids is 1. The first kappa shape index (κ1) is 26.4. The van der Waals surface area contributed by atoms with Crippen LogP contribution in [0.1, 0.15) is 47.8 Å². The molecule has 0 aromatic heterocycles. The highest BCUT2D eigenvalue weighted by molar-refractivity contribution is 9.10. The molecule has 6 heteroatoms. The first-order valence-electron chi connectivity index (χ1n) is 11.2. The number of ether oxygens (including phenoxy) is 2. The minimum Gasteiger partial charge on any atom is -0.488 e. The summed E-state index contributed by atoms with van der Waals surface area (Å²) in [6, 6.07) is 16.3. The Hall–Kier alpha value is -3.25. The quantitative estimate of drug-likeness (QED) is 0.203. The minimum absolute atomic E-state index is 0.0861. The summed E-state index contributed by atoms with van der Waals surface area (Å²) in [7, 11) is 0. The average Bonchev–Trinajstić information content (AvgIpc) is 2.84. The van der Waals surface area contributed by atoms with Gasteiger partial charge in [-0.3, -0.25) is 0 Å². The van der Waals surface area contributed by atoms with E-state index in [1.54, 1.807) is 19.1 Å². The molecule has 3 aromatic rings. The van der Waals surface area contributed by atoms with Gasteiger partial charge in [0.25, 0.3) is 0 Å². The van der Waals surface area contributed by atoms with Crippen molar-refractivity contribution in [3.8, 4) is 5.75 Å². The molecule has 3 nitrogen and oxygen atoms in total. The monoisotopic (exact) mass is 540 g/mol. The molecule has 35 heavy (non-hydrogen) atoms. The van der Waals surface area contributed by atoms with E-state index in [-0.39, 0.29) is 18.1 Å². The van der Waals surface area contributed by atoms with Gasteiger partial charge >= 0.3 is 5.97 Å². The first-order valence-corrected chi connectivity index (χ1v) is 12.0. The molecule has 3 aromatic carbocycles. The van der Waals surface area contributed by atoms with Crippen LogP contribution in [-0.2, 0) is 17.8 Å². The normalized spacial score (nSPS) is 11.9. The van der Waals surface area contributed by atoms with Crippen LogP contribution in [0.15, 0.2) is 82.9 Å². The summed E-state index contributed by atoms with van der Waals surface area (Å²) in [4.78, 5) is 12.0. The third-order valence-electron chi connectivity index (χ3n) is 5.30. The van der Waals surface area contributed by atoms with Crippen LogP contribution in [0.2, 0.25) is 0 Å². The molecule has 0 atom stereocenters. The third-order valence-corrected chi connectivity index (χ3v) is 5.79. The maximum Gasteiger partial charge on any atom is 0.338 e. The van der Waals surface area contributed by atoms with Crippen molar-refractivity contribution in [1.82, 2.24) is 0 Å². The summed E-state index contributed by atoms with van der Waals surface area (Å²) < 4.78 is 39.3. The lowest BCUT2D eigenvalue weighted by Gasteiger charge is -2.13. The molecule has 0 aliphatic carbocycles. The van der Waals surface area contributed by atoms with Gasteiger partial charge in [0, 0.05) is 15.6 Å². The number of esters is 1. The van der Waals surface area contributed by atoms with E-state index < -0.39 is 11.6 Å². The molecular formula is C29H27BrF2O3. The summed E-state index contributed by atoms with van der Waals surface area (Å²) in [5.41, 5.74) is 4.59. The van der Waals surface area contributed by atoms with Crippen LogP contribution in [0.3, 0.4) is 0 Å². The Morgan fingerprint density at radius 3 is 2.57 bits per heavy atom. The topological polar surface area (TPSA) is 35.5 Å². The van der Waals surface area contributed by atoms with E-state index in [0.717, 1.165) is 44.9 Å². The number of benzene rings is 3. The Bertz CT molecular complexity index is 1260. The Morgan fingerprint density at radius 2 is 1.80 bits per heavy atom. The molecule has 182 valence electrons. The second kappa shape index (κ2) is 12.5. The number of allylic oxidation sites excluding steroid dienone is 4. The van der Waals surface area contributed by atoms with Crippen LogP contribution >= 0.6 is 15.9 Å². The highest BCUT2D eigenvalue weighted by Gasteiger charge is 2.10. The fourth-order valence-electron chi connectivity index (χ4n) is 3.51. The van der Waals surface area contributed by atoms with E-state index >= 15 is 0 Å². The Kier molecular flexibility index (Phi) is 9.38. The predicted octanol–water partition coefficient (Wildman–Crippen LogP) is 8.08. The molecule has 0 N–H and O–H groups in total. The molecule has 0 amide bonds. The van der Waals surface area contributed by atoms with Gasteiger partial charge in [-0.05, 0) is 86.9 Å². The molecule has 0 fully saturated rings. The molecule has 0 unspecified atom stereocenters. The van der Waals surface area contributed by atoms with E-state index in [1.165, 1.54) is 0 Å². The number of carbonyl (C=O) groups is 1. The first-order chi connectivity index (χ1) is 16.8. The van der Waals surface area contributed by atoms with Gasteiger partial charge in [0.05, 0.1) is 12.2 Å². The fraction of sp³-hybridized carbons (Fsp3) is 0.207. The van der Waals surface area contributed by atoms with Gasteiger partial charge in [-0.15, -0.1) is 0 Å². The van der Waals surface area contributed by atoms with Crippen molar-refractivity contribution in [2.45, 2.75) is 33.8 Å². The summed E-state index contributed by atoms with van der Waals surface area (Å²) >= 11 is 3.49. The van der Waals surface area contributed by atoms with Crippen molar-refractivity contribution in [3.63, 3.8) is 0 Å². The highest BCUT2D eigenvalue weighted by atomic mass is 79.9. The number of hydrogen-bond donors (Lipinski definition) is 0. The Labute approximate surface area is 213 Å². The van der Waals surface area contributed by atoms with Crippen LogP contribution < -0.4 is 4.74 Å². The summed E-state index contributed by atoms with van der Waals surface area (Å²) in [5.74, 6) is -0.778. The lowest BCUT2D eigenvalue weighted by Crippen LogP contribution is -2.05. The fourth-order valence-corrected chi connectivity index (χ4v) is 3.87. The van der Waals surface area contributed by atoms with E-state index in [2.05, 4.69) is 15.9 Å². The maximum atomic E-state index is 14.0. The minimum atomic E-state index is -0.511. The molecule has 0 spiro atoms. The second-order valence-electron chi connectivity index (χ2n) is 8.13. The van der Waals surface area contributed by atoms with E-state index in [1.807, 2.05) is 56.3 Å². The lowest BCUT2D eigenvalue weighted by molar-refractivity contribution is 0.0526. The standard InChI is InChI=1S/C29H27BrF2O3/c1-4-34-29(33)22-7-5-6-21(15-22)14-19(2)8-9-20(3)26-17-24(30)10-13-28(26)35-18-23-16-25(31)11-12-27(23)32/h5-13,15-17H,4,14,18H2,1-3H3/b19-8-,20-9+. The van der Waals surface area contributed by atoms with Crippen molar-refractivity contribution in [3.05, 3.63) is 117 Å². The van der Waals surface area contributed by atoms with Crippen LogP contribution in [0.4, 0.5) is 8.78 Å². The van der Waals surface area contributed by atoms with E-state index in [9.17, 15) is 13.6 Å². The molecule has 0 saturated heterocycles. The maximum absolute atomic E-state index is 14.0. The van der Waals surface area contributed by atoms with Gasteiger partial charge in [0.15, 0.2) is 0 Å². The molecule has 0 aliphatic rings. The van der Waals surface area contributed by atoms with E-state index in [4.69, 9.17) is 9.47 Å². The SMILES string of the molecule is CCOC(=O)c1cccc(C/C(C)=C\C=C(/C)c2cc(Br)ccc2OCc2cc(F)ccc2F)c1. The average molecular weight is 541 g/mol. The van der Waals surface area contributed by atoms with Crippen LogP contribution in [-0.4, -0.2) is 12.6 Å². The van der Waals surface area contributed by atoms with Crippen LogP contribution in [0.25, 0.3) is 5.57 Å². The van der Waals surface area contributed by atoms with Gasteiger partial charge in [0.1, 0.15) is 24.0 Å². The van der Waals surface area contributed by atoms with Crippen molar-refractivity contribution < 1.29 is 23.0 Å². The summed E-state index contributed by atoms with van der Waals surface area (Å²) in [6.45, 7) is 6.01. The van der Waals surface area contributed by atoms with E-state index in [0.29, 0.717) is 24.3 Å². The second-order valence-corrected chi connectivity index (χ2v) is 9.04. The van der Waals surface area contributed by atoms with Gasteiger partial charge in [-0.25, -0.2) is 13.6 Å². The number of rotatable bonds is 9. The zero-order valence-corrected chi connectivity index (χ0v) is 21.5. The molecule has 0 saturated carbocycles. The molecule has 3 rings (SSSR count). The molecule has 0 heterocycles. The van der Waals surface area contributed by atoms with Gasteiger partial charge in [-0.2, -0.15) is 0 Å². The Morgan fingerprint density at radius 1 is 1.00 bits per heavy atom. The van der Waals surface area contributed by atoms with Gasteiger partial charge in [-0.1, -0.05) is 45.8 Å². The number of halogens is 3. The lowest BCUT2D eigenvalue weighted by atomic mass is 10.0. The largest absolute Gasteiger partial charge is 0.488 e. The summed E-state index contributed by atoms with van der Waals surface area (Å²) in [5, 5.41) is 0.